The fourth-order valence-electron chi connectivity index (χ4n) is 3.39. The van der Waals surface area contributed by atoms with Crippen molar-refractivity contribution < 1.29 is 0 Å². The van der Waals surface area contributed by atoms with Gasteiger partial charge in [0, 0.05) is 26.2 Å². The molecule has 1 atom stereocenters. The number of aryl methyl sites for hydroxylation is 1. The molecule has 1 aliphatic rings. The van der Waals surface area contributed by atoms with Crippen LogP contribution in [0, 0.1) is 12.8 Å². The van der Waals surface area contributed by atoms with Crippen molar-refractivity contribution in [2.24, 2.45) is 18.0 Å². The van der Waals surface area contributed by atoms with Crippen LogP contribution in [0.4, 0.5) is 0 Å². The highest BCUT2D eigenvalue weighted by molar-refractivity contribution is 5.79. The van der Waals surface area contributed by atoms with E-state index in [9.17, 15) is 0 Å². The highest BCUT2D eigenvalue weighted by atomic mass is 15.3. The zero-order valence-corrected chi connectivity index (χ0v) is 17.3. The quantitative estimate of drug-likeness (QED) is 0.399. The van der Waals surface area contributed by atoms with Crippen LogP contribution in [0.25, 0.3) is 0 Å². The molecule has 0 spiro atoms. The van der Waals surface area contributed by atoms with Crippen molar-refractivity contribution in [1.82, 2.24) is 30.3 Å². The molecular formula is C19H37N7. The maximum atomic E-state index is 4.75. The summed E-state index contributed by atoms with van der Waals surface area (Å²) in [7, 11) is 1.99. The maximum Gasteiger partial charge on any atom is 0.191 e. The van der Waals surface area contributed by atoms with E-state index >= 15 is 0 Å². The second kappa shape index (κ2) is 10.5. The Balaban J connectivity index is 1.91. The first kappa shape index (κ1) is 20.7. The lowest BCUT2D eigenvalue weighted by atomic mass is 10.1. The van der Waals surface area contributed by atoms with Gasteiger partial charge >= 0.3 is 0 Å². The van der Waals surface area contributed by atoms with Gasteiger partial charge in [0.25, 0.3) is 0 Å². The monoisotopic (exact) mass is 363 g/mol. The lowest BCUT2D eigenvalue weighted by Crippen LogP contribution is -2.45. The topological polar surface area (TPSA) is 70.4 Å². The Hall–Kier alpha value is -1.63. The van der Waals surface area contributed by atoms with Crippen LogP contribution in [0.2, 0.25) is 0 Å². The SMILES string of the molecule is CCN1CCCC1CNC(=NCc1nnc(C)n1C)NCCCC(C)C. The molecule has 0 amide bonds. The molecule has 1 saturated heterocycles. The van der Waals surface area contributed by atoms with Crippen molar-refractivity contribution in [1.29, 1.82) is 0 Å². The molecule has 2 N–H and O–H groups in total. The Morgan fingerprint density at radius 3 is 2.77 bits per heavy atom. The lowest BCUT2D eigenvalue weighted by molar-refractivity contribution is 0.267. The minimum atomic E-state index is 0.541. The van der Waals surface area contributed by atoms with Gasteiger partial charge in [0.15, 0.2) is 11.8 Å². The van der Waals surface area contributed by atoms with Gasteiger partial charge < -0.3 is 15.2 Å². The van der Waals surface area contributed by atoms with Crippen LogP contribution >= 0.6 is 0 Å². The number of aromatic nitrogens is 3. The van der Waals surface area contributed by atoms with Gasteiger partial charge in [-0.25, -0.2) is 4.99 Å². The number of rotatable bonds is 9. The summed E-state index contributed by atoms with van der Waals surface area (Å²) in [4.78, 5) is 7.30. The summed E-state index contributed by atoms with van der Waals surface area (Å²) in [5.74, 6) is 3.43. The predicted molar refractivity (Wildman–Crippen MR) is 107 cm³/mol. The van der Waals surface area contributed by atoms with E-state index in [-0.39, 0.29) is 0 Å². The third-order valence-electron chi connectivity index (χ3n) is 5.22. The van der Waals surface area contributed by atoms with Crippen LogP contribution in [0.3, 0.4) is 0 Å². The Bertz CT molecular complexity index is 564. The summed E-state index contributed by atoms with van der Waals surface area (Å²) >= 11 is 0. The van der Waals surface area contributed by atoms with E-state index in [0.717, 1.165) is 49.6 Å². The third kappa shape index (κ3) is 6.27. The number of likely N-dealkylation sites (N-methyl/N-ethyl adjacent to an activating group) is 1. The number of hydrogen-bond acceptors (Lipinski definition) is 4. The zero-order chi connectivity index (χ0) is 18.9. The highest BCUT2D eigenvalue weighted by Crippen LogP contribution is 2.15. The van der Waals surface area contributed by atoms with Gasteiger partial charge in [0.1, 0.15) is 12.4 Å². The maximum absolute atomic E-state index is 4.75. The first-order valence-corrected chi connectivity index (χ1v) is 10.1. The van der Waals surface area contributed by atoms with Crippen LogP contribution in [-0.2, 0) is 13.6 Å². The minimum absolute atomic E-state index is 0.541. The van der Waals surface area contributed by atoms with Gasteiger partial charge in [-0.05, 0) is 51.6 Å². The average Bonchev–Trinajstić information content (AvgIpc) is 3.20. The Kier molecular flexibility index (Phi) is 8.35. The molecule has 0 saturated carbocycles. The third-order valence-corrected chi connectivity index (χ3v) is 5.22. The van der Waals surface area contributed by atoms with Crippen LogP contribution in [0.5, 0.6) is 0 Å². The van der Waals surface area contributed by atoms with Crippen molar-refractivity contribution in [2.45, 2.75) is 66.0 Å². The second-order valence-electron chi connectivity index (χ2n) is 7.66. The first-order valence-electron chi connectivity index (χ1n) is 10.1. The first-order chi connectivity index (χ1) is 12.5. The molecule has 1 unspecified atom stereocenters. The molecule has 1 aliphatic heterocycles. The van der Waals surface area contributed by atoms with Gasteiger partial charge in [0.05, 0.1) is 0 Å². The normalized spacial score (nSPS) is 18.7. The number of nitrogens with one attached hydrogen (secondary N) is 2. The van der Waals surface area contributed by atoms with Crippen molar-refractivity contribution in [3.05, 3.63) is 11.6 Å². The number of hydrogen-bond donors (Lipinski definition) is 2. The van der Waals surface area contributed by atoms with Gasteiger partial charge in [-0.2, -0.15) is 0 Å². The molecule has 2 rings (SSSR count). The Labute approximate surface area is 158 Å². The van der Waals surface area contributed by atoms with Gasteiger partial charge in [-0.1, -0.05) is 20.8 Å². The molecule has 7 heteroatoms. The highest BCUT2D eigenvalue weighted by Gasteiger charge is 2.22. The fourth-order valence-corrected chi connectivity index (χ4v) is 3.39. The second-order valence-corrected chi connectivity index (χ2v) is 7.66. The molecule has 26 heavy (non-hydrogen) atoms. The standard InChI is InChI=1S/C19H37N7/c1-6-26-12-8-10-17(26)13-21-19(20-11-7-9-15(2)3)22-14-18-24-23-16(4)25(18)5/h15,17H,6-14H2,1-5H3,(H2,20,21,22). The molecule has 7 nitrogen and oxygen atoms in total. The van der Waals surface area contributed by atoms with Crippen LogP contribution in [0.1, 0.15) is 58.1 Å². The lowest BCUT2D eigenvalue weighted by Gasteiger charge is -2.24. The fraction of sp³-hybridized carbons (Fsp3) is 0.842. The van der Waals surface area contributed by atoms with E-state index in [2.05, 4.69) is 46.5 Å². The summed E-state index contributed by atoms with van der Waals surface area (Å²) < 4.78 is 2.00. The van der Waals surface area contributed by atoms with Gasteiger partial charge in [-0.15, -0.1) is 10.2 Å². The average molecular weight is 364 g/mol. The Morgan fingerprint density at radius 1 is 1.31 bits per heavy atom. The van der Waals surface area contributed by atoms with E-state index in [0.29, 0.717) is 12.6 Å². The number of guanidine groups is 1. The minimum Gasteiger partial charge on any atom is -0.356 e. The molecule has 1 aromatic rings. The molecule has 0 aromatic carbocycles. The zero-order valence-electron chi connectivity index (χ0n) is 17.3. The summed E-state index contributed by atoms with van der Waals surface area (Å²) in [6.07, 6.45) is 4.96. The predicted octanol–water partition coefficient (Wildman–Crippen LogP) is 2.08. The molecular weight excluding hydrogens is 326 g/mol. The summed E-state index contributed by atoms with van der Waals surface area (Å²) in [6, 6.07) is 0.611. The van der Waals surface area contributed by atoms with Crippen molar-refractivity contribution in [2.75, 3.05) is 26.2 Å². The molecule has 1 aromatic heterocycles. The smallest absolute Gasteiger partial charge is 0.191 e. The van der Waals surface area contributed by atoms with Crippen molar-refractivity contribution in [3.63, 3.8) is 0 Å². The molecule has 2 heterocycles. The van der Waals surface area contributed by atoms with E-state index in [1.54, 1.807) is 0 Å². The van der Waals surface area contributed by atoms with Gasteiger partial charge in [0.2, 0.25) is 0 Å². The summed E-state index contributed by atoms with van der Waals surface area (Å²) in [5, 5.41) is 15.4. The number of likely N-dealkylation sites (tertiary alicyclic amines) is 1. The van der Waals surface area contributed by atoms with E-state index in [1.165, 1.54) is 25.8 Å². The molecule has 148 valence electrons. The summed E-state index contributed by atoms with van der Waals surface area (Å²) in [6.45, 7) is 13.5. The van der Waals surface area contributed by atoms with E-state index in [4.69, 9.17) is 4.99 Å². The van der Waals surface area contributed by atoms with Crippen LogP contribution < -0.4 is 10.6 Å². The van der Waals surface area contributed by atoms with Crippen LogP contribution in [-0.4, -0.2) is 57.8 Å². The molecule has 0 aliphatic carbocycles. The largest absolute Gasteiger partial charge is 0.356 e. The van der Waals surface area contributed by atoms with E-state index < -0.39 is 0 Å². The number of aliphatic imine (C=N–C) groups is 1. The number of nitrogens with zero attached hydrogens (tertiary/aromatic N) is 5. The van der Waals surface area contributed by atoms with Gasteiger partial charge in [-0.3, -0.25) is 4.90 Å². The van der Waals surface area contributed by atoms with Crippen molar-refractivity contribution >= 4 is 5.96 Å². The molecule has 0 radical (unpaired) electrons. The molecule has 1 fully saturated rings. The van der Waals surface area contributed by atoms with Crippen LogP contribution in [0.15, 0.2) is 4.99 Å². The Morgan fingerprint density at radius 2 is 2.12 bits per heavy atom. The van der Waals surface area contributed by atoms with Crippen molar-refractivity contribution in [3.8, 4) is 0 Å². The molecule has 0 bridgehead atoms. The summed E-state index contributed by atoms with van der Waals surface area (Å²) in [5.41, 5.74) is 0. The van der Waals surface area contributed by atoms with E-state index in [1.807, 2.05) is 18.5 Å².